The topological polar surface area (TPSA) is 115 Å². The van der Waals surface area contributed by atoms with E-state index in [1.54, 1.807) is 12.4 Å². The predicted octanol–water partition coefficient (Wildman–Crippen LogP) is 1.15. The van der Waals surface area contributed by atoms with Crippen molar-refractivity contribution >= 4 is 17.1 Å². The molecular formula is C19H22N6O3. The van der Waals surface area contributed by atoms with Crippen LogP contribution in [0.3, 0.4) is 0 Å². The lowest BCUT2D eigenvalue weighted by atomic mass is 10.2. The van der Waals surface area contributed by atoms with Crippen LogP contribution in [0.4, 0.5) is 0 Å². The average Bonchev–Trinajstić information content (AvgIpc) is 3.31. The normalized spacial score (nSPS) is 14.9. The van der Waals surface area contributed by atoms with Crippen LogP contribution < -0.4 is 10.1 Å². The van der Waals surface area contributed by atoms with Crippen molar-refractivity contribution in [2.24, 2.45) is 0 Å². The summed E-state index contributed by atoms with van der Waals surface area (Å²) < 4.78 is 7.01. The molecule has 4 rings (SSSR count). The van der Waals surface area contributed by atoms with E-state index in [4.69, 9.17) is 4.74 Å². The molecule has 2 N–H and O–H groups in total. The molecule has 0 bridgehead atoms. The van der Waals surface area contributed by atoms with Gasteiger partial charge in [-0.2, -0.15) is 4.98 Å². The molecule has 9 heteroatoms. The Bertz CT molecular complexity index is 1060. The number of ether oxygens (including phenoxy) is 1. The maximum atomic E-state index is 12.7. The molecule has 0 radical (unpaired) electrons. The molecule has 0 aromatic carbocycles. The zero-order valence-electron chi connectivity index (χ0n) is 16.1. The molecule has 1 amide bonds. The molecule has 1 fully saturated rings. The van der Waals surface area contributed by atoms with Gasteiger partial charge in [0.25, 0.3) is 5.91 Å². The minimum atomic E-state index is -0.766. The lowest BCUT2D eigenvalue weighted by molar-refractivity contribution is 0.0897. The summed E-state index contributed by atoms with van der Waals surface area (Å²) in [5, 5.41) is 12.8. The molecule has 3 aromatic heterocycles. The summed E-state index contributed by atoms with van der Waals surface area (Å²) in [4.78, 5) is 30.4. The number of rotatable bonds is 6. The van der Waals surface area contributed by atoms with Crippen LogP contribution in [0.2, 0.25) is 0 Å². The maximum absolute atomic E-state index is 12.7. The van der Waals surface area contributed by atoms with Gasteiger partial charge in [-0.3, -0.25) is 14.8 Å². The number of carbonyl (C=O) groups is 1. The third-order valence-corrected chi connectivity index (χ3v) is 4.89. The fourth-order valence-electron chi connectivity index (χ4n) is 3.02. The third-order valence-electron chi connectivity index (χ3n) is 4.89. The van der Waals surface area contributed by atoms with Crippen LogP contribution in [0, 0.1) is 13.8 Å². The lowest BCUT2D eigenvalue weighted by Crippen LogP contribution is -2.33. The molecule has 0 unspecified atom stereocenters. The van der Waals surface area contributed by atoms with Gasteiger partial charge < -0.3 is 19.7 Å². The number of fused-ring (bicyclic) bond motifs is 1. The van der Waals surface area contributed by atoms with Gasteiger partial charge in [-0.15, -0.1) is 0 Å². The lowest BCUT2D eigenvalue weighted by Gasteiger charge is -2.08. The molecule has 0 saturated heterocycles. The Morgan fingerprint density at radius 3 is 2.75 bits per heavy atom. The summed E-state index contributed by atoms with van der Waals surface area (Å²) in [7, 11) is 1.52. The number of aliphatic hydroxyl groups is 1. The molecule has 9 nitrogen and oxygen atoms in total. The Labute approximate surface area is 161 Å². The van der Waals surface area contributed by atoms with Crippen LogP contribution in [0.25, 0.3) is 11.2 Å². The van der Waals surface area contributed by atoms with E-state index in [1.807, 2.05) is 18.4 Å². The SMILES string of the molecule is COc1cnc2c(C(=O)NCC3(O)CC3)cn(Cc3ncc(C)nc3C)c2n1. The molecule has 0 spiro atoms. The second-order valence-corrected chi connectivity index (χ2v) is 7.21. The number of aryl methyl sites for hydroxylation is 2. The summed E-state index contributed by atoms with van der Waals surface area (Å²) in [6, 6.07) is 0. The van der Waals surface area contributed by atoms with Crippen molar-refractivity contribution in [2.75, 3.05) is 13.7 Å². The van der Waals surface area contributed by atoms with Gasteiger partial charge in [0.2, 0.25) is 5.88 Å². The van der Waals surface area contributed by atoms with Gasteiger partial charge in [-0.25, -0.2) is 4.98 Å². The number of hydrogen-bond donors (Lipinski definition) is 2. The van der Waals surface area contributed by atoms with Crippen molar-refractivity contribution in [2.45, 2.75) is 38.8 Å². The van der Waals surface area contributed by atoms with Crippen LogP contribution in [-0.2, 0) is 6.54 Å². The van der Waals surface area contributed by atoms with E-state index < -0.39 is 5.60 Å². The Balaban J connectivity index is 1.71. The zero-order chi connectivity index (χ0) is 19.9. The van der Waals surface area contributed by atoms with E-state index in [1.165, 1.54) is 13.3 Å². The maximum Gasteiger partial charge on any atom is 0.255 e. The van der Waals surface area contributed by atoms with Crippen molar-refractivity contribution in [1.29, 1.82) is 0 Å². The molecule has 1 saturated carbocycles. The first-order chi connectivity index (χ1) is 13.4. The van der Waals surface area contributed by atoms with E-state index in [0.29, 0.717) is 42.0 Å². The van der Waals surface area contributed by atoms with Gasteiger partial charge in [0, 0.05) is 18.9 Å². The summed E-state index contributed by atoms with van der Waals surface area (Å²) in [6.45, 7) is 4.41. The molecule has 0 aliphatic heterocycles. The number of methoxy groups -OCH3 is 1. The Morgan fingerprint density at radius 1 is 1.29 bits per heavy atom. The van der Waals surface area contributed by atoms with Crippen molar-refractivity contribution in [3.05, 3.63) is 41.2 Å². The number of aromatic nitrogens is 5. The molecule has 0 atom stereocenters. The number of amides is 1. The first-order valence-corrected chi connectivity index (χ1v) is 9.08. The van der Waals surface area contributed by atoms with E-state index in [-0.39, 0.29) is 12.5 Å². The van der Waals surface area contributed by atoms with Gasteiger partial charge in [-0.05, 0) is 26.7 Å². The van der Waals surface area contributed by atoms with Crippen molar-refractivity contribution in [3.63, 3.8) is 0 Å². The van der Waals surface area contributed by atoms with E-state index >= 15 is 0 Å². The smallest absolute Gasteiger partial charge is 0.255 e. The van der Waals surface area contributed by atoms with Crippen molar-refractivity contribution in [3.8, 4) is 5.88 Å². The molecule has 28 heavy (non-hydrogen) atoms. The highest BCUT2D eigenvalue weighted by Crippen LogP contribution is 2.34. The predicted molar refractivity (Wildman–Crippen MR) is 101 cm³/mol. The largest absolute Gasteiger partial charge is 0.480 e. The highest BCUT2D eigenvalue weighted by Gasteiger charge is 2.40. The molecule has 1 aliphatic carbocycles. The van der Waals surface area contributed by atoms with Gasteiger partial charge in [0.05, 0.1) is 48.1 Å². The van der Waals surface area contributed by atoms with E-state index in [0.717, 1.165) is 17.1 Å². The van der Waals surface area contributed by atoms with E-state index in [2.05, 4.69) is 25.3 Å². The summed E-state index contributed by atoms with van der Waals surface area (Å²) >= 11 is 0. The quantitative estimate of drug-likeness (QED) is 0.657. The first-order valence-electron chi connectivity index (χ1n) is 9.08. The highest BCUT2D eigenvalue weighted by atomic mass is 16.5. The second kappa shape index (κ2) is 6.83. The summed E-state index contributed by atoms with van der Waals surface area (Å²) in [5.41, 5.74) is 3.07. The van der Waals surface area contributed by atoms with Gasteiger partial charge >= 0.3 is 0 Å². The molecule has 1 aliphatic rings. The number of carbonyl (C=O) groups excluding carboxylic acids is 1. The van der Waals surface area contributed by atoms with Gasteiger partial charge in [-0.1, -0.05) is 0 Å². The number of nitrogens with zero attached hydrogens (tertiary/aromatic N) is 5. The standard InChI is InChI=1S/C19H22N6O3/c1-11-6-20-14(12(2)23-11)9-25-8-13(18(26)22-10-19(27)4-5-19)16-17(25)24-15(28-3)7-21-16/h6-8,27H,4-5,9-10H2,1-3H3,(H,22,26). The molecule has 3 heterocycles. The van der Waals surface area contributed by atoms with Crippen LogP contribution in [-0.4, -0.2) is 54.8 Å². The molecular weight excluding hydrogens is 360 g/mol. The Kier molecular flexibility index (Phi) is 4.46. The fourth-order valence-corrected chi connectivity index (χ4v) is 3.02. The summed E-state index contributed by atoms with van der Waals surface area (Å²) in [5.74, 6) is 0.0630. The number of hydrogen-bond acceptors (Lipinski definition) is 7. The van der Waals surface area contributed by atoms with Crippen LogP contribution in [0.15, 0.2) is 18.6 Å². The van der Waals surface area contributed by atoms with Gasteiger partial charge in [0.1, 0.15) is 5.52 Å². The minimum absolute atomic E-state index is 0.227. The summed E-state index contributed by atoms with van der Waals surface area (Å²) in [6.07, 6.45) is 6.31. The first kappa shape index (κ1) is 18.3. The third kappa shape index (κ3) is 3.53. The zero-order valence-corrected chi connectivity index (χ0v) is 16.1. The fraction of sp³-hybridized carbons (Fsp3) is 0.421. The van der Waals surface area contributed by atoms with Gasteiger partial charge in [0.15, 0.2) is 5.65 Å². The monoisotopic (exact) mass is 382 g/mol. The molecule has 146 valence electrons. The van der Waals surface area contributed by atoms with Crippen molar-refractivity contribution < 1.29 is 14.6 Å². The minimum Gasteiger partial charge on any atom is -0.480 e. The Hall–Kier alpha value is -3.07. The highest BCUT2D eigenvalue weighted by molar-refractivity contribution is 6.04. The van der Waals surface area contributed by atoms with Crippen LogP contribution in [0.5, 0.6) is 5.88 Å². The van der Waals surface area contributed by atoms with Crippen LogP contribution >= 0.6 is 0 Å². The van der Waals surface area contributed by atoms with Crippen LogP contribution in [0.1, 0.15) is 40.3 Å². The van der Waals surface area contributed by atoms with E-state index in [9.17, 15) is 9.90 Å². The average molecular weight is 382 g/mol. The second-order valence-electron chi connectivity index (χ2n) is 7.21. The molecule has 3 aromatic rings. The number of nitrogens with one attached hydrogen (secondary N) is 1. The Morgan fingerprint density at radius 2 is 2.07 bits per heavy atom. The van der Waals surface area contributed by atoms with Crippen molar-refractivity contribution in [1.82, 2.24) is 29.8 Å².